The molecular formula is C18H22N4. The summed E-state index contributed by atoms with van der Waals surface area (Å²) in [6, 6.07) is 16.1. The standard InChI is InChI=1S/C18H22N4/c1-13(19)17-7-3-5-15(9-17)11-21-12-16-6-4-8-18(10-16)22-14(2)20/h3-10,19,21H,11-12H2,1-2H3,(H2,20,22). The van der Waals surface area contributed by atoms with Crippen LogP contribution >= 0.6 is 0 Å². The second kappa shape index (κ2) is 7.52. The summed E-state index contributed by atoms with van der Waals surface area (Å²) < 4.78 is 0. The van der Waals surface area contributed by atoms with E-state index in [1.807, 2.05) is 36.4 Å². The average Bonchev–Trinajstić information content (AvgIpc) is 2.47. The van der Waals surface area contributed by atoms with Crippen molar-refractivity contribution in [3.8, 4) is 0 Å². The Morgan fingerprint density at radius 3 is 2.32 bits per heavy atom. The number of nitrogens with zero attached hydrogens (tertiary/aromatic N) is 1. The molecule has 2 aromatic rings. The van der Waals surface area contributed by atoms with Gasteiger partial charge in [0.2, 0.25) is 0 Å². The predicted molar refractivity (Wildman–Crippen MR) is 92.9 cm³/mol. The molecule has 4 heteroatoms. The van der Waals surface area contributed by atoms with Gasteiger partial charge in [0, 0.05) is 18.8 Å². The van der Waals surface area contributed by atoms with Crippen LogP contribution in [-0.2, 0) is 13.1 Å². The zero-order chi connectivity index (χ0) is 15.9. The van der Waals surface area contributed by atoms with Crippen LogP contribution in [0.4, 0.5) is 5.69 Å². The van der Waals surface area contributed by atoms with Crippen LogP contribution in [-0.4, -0.2) is 11.5 Å². The number of aliphatic imine (C=N–C) groups is 1. The molecule has 0 fully saturated rings. The van der Waals surface area contributed by atoms with E-state index in [0.29, 0.717) is 11.5 Å². The molecule has 0 radical (unpaired) electrons. The van der Waals surface area contributed by atoms with Crippen LogP contribution in [0.25, 0.3) is 0 Å². The zero-order valence-corrected chi connectivity index (χ0v) is 13.1. The molecule has 0 saturated carbocycles. The van der Waals surface area contributed by atoms with Gasteiger partial charge in [0.15, 0.2) is 0 Å². The first-order valence-corrected chi connectivity index (χ1v) is 7.29. The molecule has 0 aliphatic rings. The molecular weight excluding hydrogens is 272 g/mol. The Morgan fingerprint density at radius 1 is 1.05 bits per heavy atom. The summed E-state index contributed by atoms with van der Waals surface area (Å²) in [6.07, 6.45) is 0. The molecule has 0 atom stereocenters. The van der Waals surface area contributed by atoms with Crippen molar-refractivity contribution in [3.63, 3.8) is 0 Å². The average molecular weight is 294 g/mol. The third-order valence-corrected chi connectivity index (χ3v) is 3.23. The van der Waals surface area contributed by atoms with Crippen molar-refractivity contribution >= 4 is 17.2 Å². The topological polar surface area (TPSA) is 74.3 Å². The van der Waals surface area contributed by atoms with Crippen LogP contribution in [0.1, 0.15) is 30.5 Å². The van der Waals surface area contributed by atoms with Crippen LogP contribution in [0.3, 0.4) is 0 Å². The van der Waals surface area contributed by atoms with E-state index in [2.05, 4.69) is 22.4 Å². The zero-order valence-electron chi connectivity index (χ0n) is 13.1. The molecule has 0 amide bonds. The highest BCUT2D eigenvalue weighted by atomic mass is 14.9. The van der Waals surface area contributed by atoms with E-state index >= 15 is 0 Å². The van der Waals surface area contributed by atoms with Gasteiger partial charge in [-0.15, -0.1) is 0 Å². The molecule has 4 N–H and O–H groups in total. The molecule has 0 aliphatic heterocycles. The molecule has 0 aliphatic carbocycles. The lowest BCUT2D eigenvalue weighted by Gasteiger charge is -2.07. The summed E-state index contributed by atoms with van der Waals surface area (Å²) in [4.78, 5) is 4.26. The second-order valence-corrected chi connectivity index (χ2v) is 5.35. The first-order valence-electron chi connectivity index (χ1n) is 7.29. The Balaban J connectivity index is 1.95. The molecule has 0 spiro atoms. The number of rotatable bonds is 6. The smallest absolute Gasteiger partial charge is 0.0964 e. The Bertz CT molecular complexity index is 685. The first-order chi connectivity index (χ1) is 10.5. The quantitative estimate of drug-likeness (QED) is 0.564. The molecule has 2 rings (SSSR count). The van der Waals surface area contributed by atoms with Gasteiger partial charge >= 0.3 is 0 Å². The minimum Gasteiger partial charge on any atom is -0.387 e. The van der Waals surface area contributed by atoms with E-state index in [9.17, 15) is 0 Å². The fourth-order valence-corrected chi connectivity index (χ4v) is 2.21. The molecule has 4 nitrogen and oxygen atoms in total. The van der Waals surface area contributed by atoms with E-state index < -0.39 is 0 Å². The highest BCUT2D eigenvalue weighted by Gasteiger charge is 1.99. The second-order valence-electron chi connectivity index (χ2n) is 5.35. The van der Waals surface area contributed by atoms with Gasteiger partial charge < -0.3 is 16.5 Å². The number of nitrogens with one attached hydrogen (secondary N) is 2. The SMILES string of the molecule is CC(=N)c1cccc(CNCc2cccc(N=C(C)N)c2)c1. The molecule has 0 saturated heterocycles. The largest absolute Gasteiger partial charge is 0.387 e. The van der Waals surface area contributed by atoms with Crippen LogP contribution in [0, 0.1) is 5.41 Å². The van der Waals surface area contributed by atoms with Gasteiger partial charge in [0.05, 0.1) is 11.5 Å². The van der Waals surface area contributed by atoms with Crippen LogP contribution in [0.2, 0.25) is 0 Å². The third-order valence-electron chi connectivity index (χ3n) is 3.23. The summed E-state index contributed by atoms with van der Waals surface area (Å²) in [5.41, 5.74) is 10.4. The molecule has 0 heterocycles. The van der Waals surface area contributed by atoms with E-state index in [1.54, 1.807) is 13.8 Å². The van der Waals surface area contributed by atoms with Gasteiger partial charge in [-0.3, -0.25) is 0 Å². The molecule has 114 valence electrons. The lowest BCUT2D eigenvalue weighted by Crippen LogP contribution is -2.13. The number of hydrogen-bond acceptors (Lipinski definition) is 3. The van der Waals surface area contributed by atoms with Gasteiger partial charge in [0.1, 0.15) is 0 Å². The Hall–Kier alpha value is -2.46. The minimum absolute atomic E-state index is 0.559. The molecule has 22 heavy (non-hydrogen) atoms. The van der Waals surface area contributed by atoms with E-state index in [0.717, 1.165) is 24.3 Å². The fraction of sp³-hybridized carbons (Fsp3) is 0.222. The molecule has 0 bridgehead atoms. The maximum absolute atomic E-state index is 7.68. The molecule has 0 unspecified atom stereocenters. The normalized spacial score (nSPS) is 11.5. The first kappa shape index (κ1) is 15.9. The predicted octanol–water partition coefficient (Wildman–Crippen LogP) is 3.37. The van der Waals surface area contributed by atoms with Crippen LogP contribution < -0.4 is 11.1 Å². The van der Waals surface area contributed by atoms with E-state index in [-0.39, 0.29) is 0 Å². The van der Waals surface area contributed by atoms with Crippen molar-refractivity contribution in [1.29, 1.82) is 5.41 Å². The van der Waals surface area contributed by atoms with Crippen molar-refractivity contribution in [1.82, 2.24) is 5.32 Å². The van der Waals surface area contributed by atoms with Gasteiger partial charge in [-0.25, -0.2) is 4.99 Å². The summed E-state index contributed by atoms with van der Waals surface area (Å²) in [5.74, 6) is 0.559. The summed E-state index contributed by atoms with van der Waals surface area (Å²) >= 11 is 0. The van der Waals surface area contributed by atoms with Gasteiger partial charge in [-0.05, 0) is 48.7 Å². The van der Waals surface area contributed by atoms with Crippen molar-refractivity contribution < 1.29 is 0 Å². The monoisotopic (exact) mass is 294 g/mol. The molecule has 0 aromatic heterocycles. The summed E-state index contributed by atoms with van der Waals surface area (Å²) in [5, 5.41) is 11.1. The molecule has 2 aromatic carbocycles. The van der Waals surface area contributed by atoms with Gasteiger partial charge in [-0.2, -0.15) is 0 Å². The van der Waals surface area contributed by atoms with E-state index in [1.165, 1.54) is 11.1 Å². The highest BCUT2D eigenvalue weighted by molar-refractivity contribution is 5.96. The number of hydrogen-bond donors (Lipinski definition) is 3. The van der Waals surface area contributed by atoms with E-state index in [4.69, 9.17) is 11.1 Å². The fourth-order valence-electron chi connectivity index (χ4n) is 2.21. The number of nitrogens with two attached hydrogens (primary N) is 1. The van der Waals surface area contributed by atoms with Crippen molar-refractivity contribution in [3.05, 3.63) is 65.2 Å². The highest BCUT2D eigenvalue weighted by Crippen LogP contribution is 2.14. The Kier molecular flexibility index (Phi) is 5.44. The lowest BCUT2D eigenvalue weighted by molar-refractivity contribution is 0.693. The number of benzene rings is 2. The van der Waals surface area contributed by atoms with Crippen molar-refractivity contribution in [2.24, 2.45) is 10.7 Å². The summed E-state index contributed by atoms with van der Waals surface area (Å²) in [6.45, 7) is 5.12. The number of amidine groups is 1. The lowest BCUT2D eigenvalue weighted by atomic mass is 10.1. The van der Waals surface area contributed by atoms with Crippen LogP contribution in [0.5, 0.6) is 0 Å². The maximum atomic E-state index is 7.68. The van der Waals surface area contributed by atoms with Gasteiger partial charge in [0.25, 0.3) is 0 Å². The minimum atomic E-state index is 0.559. The van der Waals surface area contributed by atoms with Crippen LogP contribution in [0.15, 0.2) is 53.5 Å². The summed E-state index contributed by atoms with van der Waals surface area (Å²) in [7, 11) is 0. The Labute approximate surface area is 131 Å². The van der Waals surface area contributed by atoms with Crippen molar-refractivity contribution in [2.45, 2.75) is 26.9 Å². The third kappa shape index (κ3) is 4.82. The maximum Gasteiger partial charge on any atom is 0.0964 e. The Morgan fingerprint density at radius 2 is 1.68 bits per heavy atom. The van der Waals surface area contributed by atoms with Gasteiger partial charge in [-0.1, -0.05) is 30.3 Å². The van der Waals surface area contributed by atoms with Crippen molar-refractivity contribution in [2.75, 3.05) is 0 Å².